The van der Waals surface area contributed by atoms with Gasteiger partial charge in [-0.2, -0.15) is 0 Å². The lowest BCUT2D eigenvalue weighted by Gasteiger charge is -1.94. The normalized spacial score (nSPS) is 9.07. The molecule has 0 aliphatic carbocycles. The van der Waals surface area contributed by atoms with Gasteiger partial charge in [0.1, 0.15) is 5.69 Å². The van der Waals surface area contributed by atoms with Gasteiger partial charge in [0.25, 0.3) is 0 Å². The topological polar surface area (TPSA) is 56.5 Å². The van der Waals surface area contributed by atoms with E-state index in [0.717, 1.165) is 5.69 Å². The van der Waals surface area contributed by atoms with Crippen molar-refractivity contribution in [1.29, 1.82) is 0 Å². The molecule has 0 N–H and O–H groups in total. The molecule has 5 heteroatoms. The molecule has 0 saturated carbocycles. The molecule has 14 heavy (non-hydrogen) atoms. The summed E-state index contributed by atoms with van der Waals surface area (Å²) in [6.45, 7) is 4.00. The molecule has 2 aromatic rings. The summed E-state index contributed by atoms with van der Waals surface area (Å²) in [7, 11) is 1.78. The summed E-state index contributed by atoms with van der Waals surface area (Å²) in [4.78, 5) is 4.12. The van der Waals surface area contributed by atoms with E-state index in [1.807, 2.05) is 32.0 Å². The SMILES string of the molecule is CC.Cn1nnnc1-c1ccccn1. The molecule has 0 spiro atoms. The highest BCUT2D eigenvalue weighted by Crippen LogP contribution is 2.08. The van der Waals surface area contributed by atoms with Gasteiger partial charge in [0.2, 0.25) is 0 Å². The fraction of sp³-hybridized carbons (Fsp3) is 0.333. The van der Waals surface area contributed by atoms with Crippen LogP contribution in [-0.2, 0) is 7.05 Å². The largest absolute Gasteiger partial charge is 0.253 e. The number of aromatic nitrogens is 5. The fourth-order valence-electron chi connectivity index (χ4n) is 0.941. The number of hydrogen-bond donors (Lipinski definition) is 0. The van der Waals surface area contributed by atoms with E-state index in [4.69, 9.17) is 0 Å². The van der Waals surface area contributed by atoms with Gasteiger partial charge in [-0.15, -0.1) is 5.10 Å². The van der Waals surface area contributed by atoms with Gasteiger partial charge in [0.05, 0.1) is 0 Å². The van der Waals surface area contributed by atoms with Crippen LogP contribution in [0.1, 0.15) is 13.8 Å². The van der Waals surface area contributed by atoms with Crippen molar-refractivity contribution in [1.82, 2.24) is 25.2 Å². The molecule has 2 heterocycles. The van der Waals surface area contributed by atoms with E-state index in [1.165, 1.54) is 0 Å². The molecule has 0 atom stereocenters. The van der Waals surface area contributed by atoms with Crippen LogP contribution in [-0.4, -0.2) is 25.2 Å². The summed E-state index contributed by atoms with van der Waals surface area (Å²) in [5.41, 5.74) is 0.782. The van der Waals surface area contributed by atoms with Gasteiger partial charge >= 0.3 is 0 Å². The van der Waals surface area contributed by atoms with Crippen molar-refractivity contribution in [2.24, 2.45) is 7.05 Å². The van der Waals surface area contributed by atoms with Gasteiger partial charge < -0.3 is 0 Å². The predicted octanol–water partition coefficient (Wildman–Crippen LogP) is 1.30. The van der Waals surface area contributed by atoms with Crippen LogP contribution in [0.5, 0.6) is 0 Å². The Labute approximate surface area is 82.8 Å². The molecule has 5 nitrogen and oxygen atoms in total. The average Bonchev–Trinajstić information content (AvgIpc) is 2.69. The highest BCUT2D eigenvalue weighted by atomic mass is 15.5. The minimum absolute atomic E-state index is 0.676. The van der Waals surface area contributed by atoms with Crippen LogP contribution in [0.2, 0.25) is 0 Å². The van der Waals surface area contributed by atoms with E-state index in [0.29, 0.717) is 5.82 Å². The second kappa shape index (κ2) is 5.06. The summed E-state index contributed by atoms with van der Waals surface area (Å²) >= 11 is 0. The van der Waals surface area contributed by atoms with E-state index in [-0.39, 0.29) is 0 Å². The van der Waals surface area contributed by atoms with Crippen molar-refractivity contribution in [3.05, 3.63) is 24.4 Å². The Bertz CT molecular complexity index is 368. The molecule has 74 valence electrons. The number of rotatable bonds is 1. The predicted molar refractivity (Wildman–Crippen MR) is 53.4 cm³/mol. The van der Waals surface area contributed by atoms with Crippen LogP contribution in [0.4, 0.5) is 0 Å². The van der Waals surface area contributed by atoms with Crippen LogP contribution in [0.15, 0.2) is 24.4 Å². The van der Waals surface area contributed by atoms with Crippen molar-refractivity contribution in [2.75, 3.05) is 0 Å². The number of pyridine rings is 1. The summed E-state index contributed by atoms with van der Waals surface area (Å²) in [6.07, 6.45) is 1.71. The van der Waals surface area contributed by atoms with Crippen LogP contribution in [0, 0.1) is 0 Å². The zero-order valence-corrected chi connectivity index (χ0v) is 8.55. The van der Waals surface area contributed by atoms with Crippen molar-refractivity contribution < 1.29 is 0 Å². The van der Waals surface area contributed by atoms with E-state index in [2.05, 4.69) is 20.5 Å². The first-order valence-electron chi connectivity index (χ1n) is 4.51. The lowest BCUT2D eigenvalue weighted by Crippen LogP contribution is -1.95. The molecule has 0 aromatic carbocycles. The van der Waals surface area contributed by atoms with E-state index in [1.54, 1.807) is 17.9 Å². The summed E-state index contributed by atoms with van der Waals surface area (Å²) < 4.78 is 1.59. The van der Waals surface area contributed by atoms with Gasteiger partial charge in [0.15, 0.2) is 5.82 Å². The Morgan fingerprint density at radius 2 is 2.00 bits per heavy atom. The number of nitrogens with zero attached hydrogens (tertiary/aromatic N) is 5. The van der Waals surface area contributed by atoms with Crippen molar-refractivity contribution in [3.8, 4) is 11.5 Å². The molecule has 0 saturated heterocycles. The second-order valence-electron chi connectivity index (χ2n) is 2.34. The highest BCUT2D eigenvalue weighted by molar-refractivity contribution is 5.47. The molecule has 2 rings (SSSR count). The monoisotopic (exact) mass is 191 g/mol. The Morgan fingerprint density at radius 3 is 2.50 bits per heavy atom. The standard InChI is InChI=1S/C7H7N5.C2H6/c1-12-7(9-10-11-12)6-4-2-3-5-8-6;1-2/h2-5H,1H3;1-2H3. The molecule has 0 fully saturated rings. The lowest BCUT2D eigenvalue weighted by molar-refractivity contribution is 0.713. The Hall–Kier alpha value is -1.78. The first-order chi connectivity index (χ1) is 6.88. The molecular formula is C9H13N5. The Kier molecular flexibility index (Phi) is 3.72. The Morgan fingerprint density at radius 1 is 1.21 bits per heavy atom. The lowest BCUT2D eigenvalue weighted by atomic mass is 10.3. The smallest absolute Gasteiger partial charge is 0.200 e. The van der Waals surface area contributed by atoms with Gasteiger partial charge in [-0.25, -0.2) is 4.68 Å². The first kappa shape index (κ1) is 10.3. The maximum absolute atomic E-state index is 4.12. The number of aryl methyl sites for hydroxylation is 1. The summed E-state index contributed by atoms with van der Waals surface area (Å²) in [5.74, 6) is 0.676. The molecule has 0 bridgehead atoms. The van der Waals surface area contributed by atoms with Crippen LogP contribution < -0.4 is 0 Å². The van der Waals surface area contributed by atoms with Crippen molar-refractivity contribution in [2.45, 2.75) is 13.8 Å². The number of tetrazole rings is 1. The van der Waals surface area contributed by atoms with Crippen LogP contribution in [0.25, 0.3) is 11.5 Å². The van der Waals surface area contributed by atoms with Crippen LogP contribution in [0.3, 0.4) is 0 Å². The zero-order valence-electron chi connectivity index (χ0n) is 8.55. The summed E-state index contributed by atoms with van der Waals surface area (Å²) in [6, 6.07) is 5.62. The van der Waals surface area contributed by atoms with Crippen molar-refractivity contribution in [3.63, 3.8) is 0 Å². The molecule has 0 unspecified atom stereocenters. The summed E-state index contributed by atoms with van der Waals surface area (Å²) in [5, 5.41) is 11.1. The minimum atomic E-state index is 0.676. The Balaban J connectivity index is 0.000000461. The molecule has 0 radical (unpaired) electrons. The molecular weight excluding hydrogens is 178 g/mol. The third kappa shape index (κ3) is 2.12. The molecule has 2 aromatic heterocycles. The average molecular weight is 191 g/mol. The molecule has 0 amide bonds. The zero-order chi connectivity index (χ0) is 10.4. The maximum Gasteiger partial charge on any atom is 0.200 e. The first-order valence-corrected chi connectivity index (χ1v) is 4.51. The molecule has 0 aliphatic heterocycles. The number of hydrogen-bond acceptors (Lipinski definition) is 4. The van der Waals surface area contributed by atoms with E-state index < -0.39 is 0 Å². The third-order valence-electron chi connectivity index (χ3n) is 1.51. The maximum atomic E-state index is 4.12. The van der Waals surface area contributed by atoms with E-state index in [9.17, 15) is 0 Å². The third-order valence-corrected chi connectivity index (χ3v) is 1.51. The van der Waals surface area contributed by atoms with E-state index >= 15 is 0 Å². The second-order valence-corrected chi connectivity index (χ2v) is 2.34. The highest BCUT2D eigenvalue weighted by Gasteiger charge is 2.04. The van der Waals surface area contributed by atoms with Gasteiger partial charge in [-0.3, -0.25) is 4.98 Å². The quantitative estimate of drug-likeness (QED) is 0.681. The van der Waals surface area contributed by atoms with Crippen LogP contribution >= 0.6 is 0 Å². The fourth-order valence-corrected chi connectivity index (χ4v) is 0.941. The van der Waals surface area contributed by atoms with Gasteiger partial charge in [-0.1, -0.05) is 19.9 Å². The van der Waals surface area contributed by atoms with Gasteiger partial charge in [0, 0.05) is 13.2 Å². The van der Waals surface area contributed by atoms with Crippen molar-refractivity contribution >= 4 is 0 Å². The minimum Gasteiger partial charge on any atom is -0.253 e. The molecule has 0 aliphatic rings. The van der Waals surface area contributed by atoms with Gasteiger partial charge in [-0.05, 0) is 22.6 Å².